The smallest absolute Gasteiger partial charge is 0.0766 e. The maximum atomic E-state index is 8.39. The fraction of sp³-hybridized carbons (Fsp3) is 0.727. The molecule has 2 heteroatoms. The Kier molecular flexibility index (Phi) is 6.62. The van der Waals surface area contributed by atoms with E-state index in [-0.39, 0.29) is 0 Å². The zero-order valence-electron chi connectivity index (χ0n) is 9.14. The van der Waals surface area contributed by atoms with Crippen molar-refractivity contribution in [2.45, 2.75) is 51.7 Å². The van der Waals surface area contributed by atoms with Gasteiger partial charge in [-0.1, -0.05) is 50.7 Å². The Balaban J connectivity index is 4.09. The van der Waals surface area contributed by atoms with Crippen LogP contribution in [-0.4, -0.2) is 8.07 Å². The van der Waals surface area contributed by atoms with Crippen LogP contribution in [0, 0.1) is 11.3 Å². The lowest BCUT2D eigenvalue weighted by Gasteiger charge is -2.23. The monoisotopic (exact) mass is 195 g/mol. The Morgan fingerprint density at radius 3 is 2.08 bits per heavy atom. The van der Waals surface area contributed by atoms with Gasteiger partial charge in [-0.25, -0.2) is 0 Å². The summed E-state index contributed by atoms with van der Waals surface area (Å²) in [6.45, 7) is 6.90. The molecule has 0 aromatic carbocycles. The van der Waals surface area contributed by atoms with E-state index in [0.717, 1.165) is 6.42 Å². The lowest BCUT2D eigenvalue weighted by Crippen LogP contribution is -2.28. The van der Waals surface area contributed by atoms with Crippen LogP contribution in [-0.2, 0) is 0 Å². The Bertz CT molecular complexity index is 178. The van der Waals surface area contributed by atoms with Crippen LogP contribution in [0.5, 0.6) is 0 Å². The van der Waals surface area contributed by atoms with Crippen LogP contribution < -0.4 is 0 Å². The highest BCUT2D eigenvalue weighted by Crippen LogP contribution is 2.21. The largest absolute Gasteiger partial charge is 0.198 e. The molecule has 0 amide bonds. The number of unbranched alkanes of at least 4 members (excludes halogenated alkanes) is 1. The Labute approximate surface area is 83.5 Å². The average Bonchev–Trinajstić information content (AvgIpc) is 2.20. The summed E-state index contributed by atoms with van der Waals surface area (Å²) in [5.41, 5.74) is 2.45. The third kappa shape index (κ3) is 4.28. The van der Waals surface area contributed by atoms with Crippen LogP contribution in [0.1, 0.15) is 33.6 Å². The van der Waals surface area contributed by atoms with E-state index in [1.165, 1.54) is 18.1 Å². The molecule has 0 saturated heterocycles. The number of hydrogen-bond acceptors (Lipinski definition) is 1. The van der Waals surface area contributed by atoms with E-state index < -0.39 is 8.07 Å². The van der Waals surface area contributed by atoms with Gasteiger partial charge in [-0.2, -0.15) is 5.26 Å². The average molecular weight is 195 g/mol. The minimum atomic E-state index is -1.06. The molecule has 0 aromatic rings. The number of nitrogens with zero attached hydrogens (tertiary/aromatic N) is 1. The minimum Gasteiger partial charge on any atom is -0.198 e. The molecule has 74 valence electrons. The Hall–Kier alpha value is -0.553. The van der Waals surface area contributed by atoms with E-state index in [2.05, 4.69) is 38.6 Å². The van der Waals surface area contributed by atoms with Gasteiger partial charge in [0.2, 0.25) is 0 Å². The second-order valence-electron chi connectivity index (χ2n) is 3.52. The van der Waals surface area contributed by atoms with Crippen molar-refractivity contribution in [3.8, 4) is 6.07 Å². The summed E-state index contributed by atoms with van der Waals surface area (Å²) in [7, 11) is -1.06. The first-order valence-electron chi connectivity index (χ1n) is 5.29. The molecule has 0 aliphatic carbocycles. The van der Waals surface area contributed by atoms with E-state index in [9.17, 15) is 0 Å². The van der Waals surface area contributed by atoms with E-state index >= 15 is 0 Å². The zero-order valence-corrected chi connectivity index (χ0v) is 10.1. The van der Waals surface area contributed by atoms with E-state index in [1.54, 1.807) is 0 Å². The highest BCUT2D eigenvalue weighted by atomic mass is 28.3. The first kappa shape index (κ1) is 12.4. The number of nitriles is 1. The predicted molar refractivity (Wildman–Crippen MR) is 61.2 cm³/mol. The molecule has 0 saturated carbocycles. The quantitative estimate of drug-likeness (QED) is 0.466. The van der Waals surface area contributed by atoms with Gasteiger partial charge in [0.05, 0.1) is 14.1 Å². The molecule has 1 nitrogen and oxygen atoms in total. The maximum Gasteiger partial charge on any atom is 0.0766 e. The van der Waals surface area contributed by atoms with Crippen molar-refractivity contribution >= 4 is 8.07 Å². The van der Waals surface area contributed by atoms with Crippen molar-refractivity contribution in [2.24, 2.45) is 0 Å². The second-order valence-corrected chi connectivity index (χ2v) is 8.70. The highest BCUT2D eigenvalue weighted by Gasteiger charge is 2.22. The lowest BCUT2D eigenvalue weighted by molar-refractivity contribution is 1.06. The fourth-order valence-corrected chi connectivity index (χ4v) is 4.46. The summed E-state index contributed by atoms with van der Waals surface area (Å²) < 4.78 is 0. The molecular weight excluding hydrogens is 174 g/mol. The maximum absolute atomic E-state index is 8.39. The summed E-state index contributed by atoms with van der Waals surface area (Å²) in [5, 5.41) is 8.39. The third-order valence-corrected chi connectivity index (χ3v) is 8.17. The van der Waals surface area contributed by atoms with Crippen molar-refractivity contribution in [3.05, 3.63) is 11.8 Å². The van der Waals surface area contributed by atoms with Gasteiger partial charge in [-0.15, -0.1) is 0 Å². The molecule has 0 unspecified atom stereocenters. The molecule has 0 aliphatic heterocycles. The molecule has 0 rings (SSSR count). The van der Waals surface area contributed by atoms with Gasteiger partial charge < -0.3 is 0 Å². The molecule has 0 fully saturated rings. The molecule has 0 heterocycles. The third-order valence-electron chi connectivity index (χ3n) is 3.01. The second kappa shape index (κ2) is 6.91. The first-order chi connectivity index (χ1) is 6.24. The van der Waals surface area contributed by atoms with Gasteiger partial charge in [0.25, 0.3) is 0 Å². The molecule has 0 radical (unpaired) electrons. The van der Waals surface area contributed by atoms with Crippen LogP contribution >= 0.6 is 0 Å². The van der Waals surface area contributed by atoms with Crippen molar-refractivity contribution in [1.29, 1.82) is 5.26 Å². The zero-order chi connectivity index (χ0) is 10.2. The highest BCUT2D eigenvalue weighted by molar-refractivity contribution is 6.84. The van der Waals surface area contributed by atoms with Crippen LogP contribution in [0.25, 0.3) is 0 Å². The fourth-order valence-electron chi connectivity index (χ4n) is 1.58. The van der Waals surface area contributed by atoms with Crippen molar-refractivity contribution in [2.75, 3.05) is 0 Å². The molecule has 13 heavy (non-hydrogen) atoms. The van der Waals surface area contributed by atoms with E-state index in [0.29, 0.717) is 6.42 Å². The van der Waals surface area contributed by atoms with Crippen molar-refractivity contribution < 1.29 is 0 Å². The van der Waals surface area contributed by atoms with E-state index in [4.69, 9.17) is 5.26 Å². The standard InChI is InChI=1S/C11H21NSi/c1-4-13(5-2,6-3)11-9-7-8-10-12/h9,11H,4-8H2,1-3H3/b11-9+. The summed E-state index contributed by atoms with van der Waals surface area (Å²) in [5.74, 6) is 0. The van der Waals surface area contributed by atoms with Gasteiger partial charge in [0.1, 0.15) is 0 Å². The van der Waals surface area contributed by atoms with E-state index in [1.807, 2.05) is 0 Å². The molecule has 0 aliphatic rings. The van der Waals surface area contributed by atoms with Gasteiger partial charge in [-0.05, 0) is 6.42 Å². The molecule has 0 atom stereocenters. The summed E-state index contributed by atoms with van der Waals surface area (Å²) in [6.07, 6.45) is 3.83. The first-order valence-corrected chi connectivity index (χ1v) is 7.99. The van der Waals surface area contributed by atoms with Crippen LogP contribution in [0.15, 0.2) is 11.8 Å². The summed E-state index contributed by atoms with van der Waals surface area (Å²) in [6, 6.07) is 6.18. The summed E-state index contributed by atoms with van der Waals surface area (Å²) >= 11 is 0. The summed E-state index contributed by atoms with van der Waals surface area (Å²) in [4.78, 5) is 0. The number of hydrogen-bond donors (Lipinski definition) is 0. The van der Waals surface area contributed by atoms with Crippen molar-refractivity contribution in [1.82, 2.24) is 0 Å². The normalized spacial score (nSPS) is 11.8. The molecule has 0 spiro atoms. The van der Waals surface area contributed by atoms with Gasteiger partial charge in [0, 0.05) is 6.42 Å². The van der Waals surface area contributed by atoms with Crippen LogP contribution in [0.3, 0.4) is 0 Å². The predicted octanol–water partition coefficient (Wildman–Crippen LogP) is 3.89. The topological polar surface area (TPSA) is 23.8 Å². The molecule has 0 N–H and O–H groups in total. The Morgan fingerprint density at radius 1 is 1.15 bits per heavy atom. The molecule has 0 aromatic heterocycles. The minimum absolute atomic E-state index is 0.665. The van der Waals surface area contributed by atoms with Crippen molar-refractivity contribution in [3.63, 3.8) is 0 Å². The Morgan fingerprint density at radius 2 is 1.69 bits per heavy atom. The van der Waals surface area contributed by atoms with Gasteiger partial charge in [0.15, 0.2) is 0 Å². The molecule has 0 bridgehead atoms. The molecular formula is C11H21NSi. The van der Waals surface area contributed by atoms with Crippen LogP contribution in [0.2, 0.25) is 18.1 Å². The number of allylic oxidation sites excluding steroid dienone is 1. The van der Waals surface area contributed by atoms with Gasteiger partial charge in [-0.3, -0.25) is 0 Å². The SMILES string of the molecule is CC[Si](/C=C/CCC#N)(CC)CC. The number of rotatable bonds is 6. The van der Waals surface area contributed by atoms with Crippen LogP contribution in [0.4, 0.5) is 0 Å². The lowest BCUT2D eigenvalue weighted by atomic mass is 10.3. The van der Waals surface area contributed by atoms with Gasteiger partial charge >= 0.3 is 0 Å².